The summed E-state index contributed by atoms with van der Waals surface area (Å²) in [6.45, 7) is 3.57. The Kier molecular flexibility index (Phi) is 13.1. The molecule has 1 spiro atoms. The lowest BCUT2D eigenvalue weighted by molar-refractivity contribution is -0.193. The zero-order chi connectivity index (χ0) is 35.6. The molecule has 260 valence electrons. The van der Waals surface area contributed by atoms with Crippen molar-refractivity contribution in [1.29, 1.82) is 0 Å². The second-order valence-electron chi connectivity index (χ2n) is 10.0. The molecule has 2 amide bonds. The van der Waals surface area contributed by atoms with Crippen LogP contribution in [0.5, 0.6) is 0 Å². The van der Waals surface area contributed by atoms with Gasteiger partial charge in [-0.2, -0.15) is 39.5 Å². The van der Waals surface area contributed by atoms with Crippen LogP contribution in [-0.2, 0) is 27.1 Å². The Labute approximate surface area is 260 Å². The molecular formula is C27H28F9N5O6. The molecule has 3 heterocycles. The zero-order valence-corrected chi connectivity index (χ0v) is 24.0. The minimum atomic E-state index is -5.08. The Morgan fingerprint density at radius 1 is 0.894 bits per heavy atom. The third-order valence-electron chi connectivity index (χ3n) is 6.91. The summed E-state index contributed by atoms with van der Waals surface area (Å²) >= 11 is 0. The molecule has 0 radical (unpaired) electrons. The lowest BCUT2D eigenvalue weighted by atomic mass is 9.86. The van der Waals surface area contributed by atoms with Crippen molar-refractivity contribution >= 4 is 23.8 Å². The number of rotatable bonds is 6. The molecule has 0 aliphatic carbocycles. The maximum atomic E-state index is 12.7. The van der Waals surface area contributed by atoms with E-state index < -0.39 is 47.5 Å². The van der Waals surface area contributed by atoms with Crippen LogP contribution in [0.4, 0.5) is 39.5 Å². The Balaban J connectivity index is 0.000000459. The molecule has 2 aromatic rings. The molecule has 2 aliphatic heterocycles. The number of piperidine rings is 1. The number of nitrogens with one attached hydrogen (secondary N) is 2. The largest absolute Gasteiger partial charge is 0.490 e. The van der Waals surface area contributed by atoms with Crippen molar-refractivity contribution in [3.8, 4) is 0 Å². The number of carbonyl (C=O) groups excluding carboxylic acids is 2. The van der Waals surface area contributed by atoms with Crippen LogP contribution in [0.25, 0.3) is 0 Å². The van der Waals surface area contributed by atoms with E-state index in [0.717, 1.165) is 17.7 Å². The van der Waals surface area contributed by atoms with Gasteiger partial charge < -0.3 is 25.7 Å². The summed E-state index contributed by atoms with van der Waals surface area (Å²) in [5.41, 5.74) is -0.0682. The van der Waals surface area contributed by atoms with Crippen LogP contribution in [-0.4, -0.2) is 99.5 Å². The van der Waals surface area contributed by atoms with Crippen LogP contribution in [0.15, 0.2) is 48.8 Å². The lowest BCUT2D eigenvalue weighted by Crippen LogP contribution is -2.56. The summed E-state index contributed by atoms with van der Waals surface area (Å²) in [6.07, 6.45) is -9.69. The minimum Gasteiger partial charge on any atom is -0.475 e. The molecule has 2 saturated heterocycles. The van der Waals surface area contributed by atoms with Gasteiger partial charge in [0.2, 0.25) is 5.91 Å². The summed E-state index contributed by atoms with van der Waals surface area (Å²) in [6, 6.07) is 8.05. The van der Waals surface area contributed by atoms with Gasteiger partial charge in [0.05, 0.1) is 12.2 Å². The SMILES string of the molecule is O=C(NCCN1CCC2(CC1)C(=O)NCN2Cc1cccnc1)c1ccc(C(F)(F)F)cc1.O=C(O)C(F)(F)F.O=C(O)C(F)(F)F. The van der Waals surface area contributed by atoms with Crippen LogP contribution in [0.2, 0.25) is 0 Å². The van der Waals surface area contributed by atoms with Crippen molar-refractivity contribution in [3.05, 3.63) is 65.5 Å². The Bertz CT molecular complexity index is 1340. The van der Waals surface area contributed by atoms with Crippen molar-refractivity contribution in [2.24, 2.45) is 0 Å². The standard InChI is InChI=1S/C23H26F3N5O2.2C2HF3O2/c24-23(25,26)19-5-3-18(4-6-19)20(32)28-10-13-30-11-7-22(8-12-30)21(33)29-16-31(22)15-17-2-1-9-27-14-17;2*3-2(4,5)1(6)7/h1-6,9,14H,7-8,10-13,15-16H2,(H,28,32)(H,29,33);2*(H,6,7). The minimum absolute atomic E-state index is 0.0571. The molecule has 0 bridgehead atoms. The molecule has 0 saturated carbocycles. The number of carboxylic acids is 2. The Morgan fingerprint density at radius 2 is 1.43 bits per heavy atom. The molecule has 0 atom stereocenters. The number of hydrogen-bond donors (Lipinski definition) is 4. The normalized spacial score (nSPS) is 16.7. The van der Waals surface area contributed by atoms with Crippen LogP contribution in [0, 0.1) is 0 Å². The quantitative estimate of drug-likeness (QED) is 0.334. The maximum Gasteiger partial charge on any atom is 0.490 e. The average Bonchev–Trinajstić information content (AvgIpc) is 3.27. The van der Waals surface area contributed by atoms with Crippen molar-refractivity contribution in [2.45, 2.75) is 43.5 Å². The molecule has 4 N–H and O–H groups in total. The number of nitrogens with zero attached hydrogens (tertiary/aromatic N) is 3. The second kappa shape index (κ2) is 15.9. The van der Waals surface area contributed by atoms with Gasteiger partial charge in [-0.3, -0.25) is 19.5 Å². The molecule has 11 nitrogen and oxygen atoms in total. The van der Waals surface area contributed by atoms with Crippen molar-refractivity contribution < 1.29 is 68.9 Å². The number of pyridine rings is 1. The highest BCUT2D eigenvalue weighted by molar-refractivity contribution is 5.94. The highest BCUT2D eigenvalue weighted by Crippen LogP contribution is 2.33. The number of carbonyl (C=O) groups is 4. The van der Waals surface area contributed by atoms with Crippen LogP contribution in [0.3, 0.4) is 0 Å². The van der Waals surface area contributed by atoms with Crippen LogP contribution < -0.4 is 10.6 Å². The van der Waals surface area contributed by atoms with Gasteiger partial charge in [-0.1, -0.05) is 6.07 Å². The van der Waals surface area contributed by atoms with Gasteiger partial charge in [0.1, 0.15) is 5.54 Å². The Morgan fingerprint density at radius 3 is 1.87 bits per heavy atom. The van der Waals surface area contributed by atoms with Gasteiger partial charge in [0.15, 0.2) is 0 Å². The number of likely N-dealkylation sites (tertiary alicyclic amines) is 1. The lowest BCUT2D eigenvalue weighted by Gasteiger charge is -2.42. The number of halogens is 9. The molecule has 1 aromatic heterocycles. The summed E-state index contributed by atoms with van der Waals surface area (Å²) < 4.78 is 101. The van der Waals surface area contributed by atoms with E-state index in [4.69, 9.17) is 19.8 Å². The topological polar surface area (TPSA) is 152 Å². The predicted molar refractivity (Wildman–Crippen MR) is 142 cm³/mol. The molecule has 1 aromatic carbocycles. The summed E-state index contributed by atoms with van der Waals surface area (Å²) in [4.78, 5) is 51.2. The second-order valence-corrected chi connectivity index (χ2v) is 10.0. The van der Waals surface area contributed by atoms with Gasteiger partial charge in [0.25, 0.3) is 5.91 Å². The van der Waals surface area contributed by atoms with Gasteiger partial charge in [-0.25, -0.2) is 9.59 Å². The number of aliphatic carboxylic acids is 2. The molecule has 20 heteroatoms. The van der Waals surface area contributed by atoms with E-state index in [1.807, 2.05) is 18.3 Å². The van der Waals surface area contributed by atoms with Crippen LogP contribution >= 0.6 is 0 Å². The van der Waals surface area contributed by atoms with Gasteiger partial charge in [0, 0.05) is 50.7 Å². The number of aromatic nitrogens is 1. The third-order valence-corrected chi connectivity index (χ3v) is 6.91. The molecule has 47 heavy (non-hydrogen) atoms. The van der Waals surface area contributed by atoms with Crippen molar-refractivity contribution in [1.82, 2.24) is 25.4 Å². The van der Waals surface area contributed by atoms with Crippen molar-refractivity contribution in [2.75, 3.05) is 32.8 Å². The van der Waals surface area contributed by atoms with E-state index in [-0.39, 0.29) is 11.5 Å². The fraction of sp³-hybridized carbons (Fsp3) is 0.444. The van der Waals surface area contributed by atoms with E-state index in [1.54, 1.807) is 6.20 Å². The number of amides is 2. The first-order valence-corrected chi connectivity index (χ1v) is 13.4. The number of carboxylic acid groups (broad SMARTS) is 2. The van der Waals surface area contributed by atoms with E-state index >= 15 is 0 Å². The first kappa shape index (κ1) is 38.7. The molecule has 0 unspecified atom stereocenters. The molecular weight excluding hydrogens is 661 g/mol. The molecule has 2 aliphatic rings. The predicted octanol–water partition coefficient (Wildman–Crippen LogP) is 3.52. The third kappa shape index (κ3) is 11.7. The molecule has 4 rings (SSSR count). The number of hydrogen-bond acceptors (Lipinski definition) is 7. The van der Waals surface area contributed by atoms with Gasteiger partial charge >= 0.3 is 30.5 Å². The average molecular weight is 690 g/mol. The van der Waals surface area contributed by atoms with Crippen LogP contribution in [0.1, 0.15) is 34.3 Å². The van der Waals surface area contributed by atoms with E-state index in [0.29, 0.717) is 52.2 Å². The van der Waals surface area contributed by atoms with Crippen molar-refractivity contribution in [3.63, 3.8) is 0 Å². The summed E-state index contributed by atoms with van der Waals surface area (Å²) in [5.74, 6) is -5.86. The zero-order valence-electron chi connectivity index (χ0n) is 24.0. The maximum absolute atomic E-state index is 12.7. The monoisotopic (exact) mass is 689 g/mol. The number of alkyl halides is 9. The number of benzene rings is 1. The summed E-state index contributed by atoms with van der Waals surface area (Å²) in [7, 11) is 0. The fourth-order valence-corrected chi connectivity index (χ4v) is 4.48. The Hall–Kier alpha value is -4.46. The van der Waals surface area contributed by atoms with E-state index in [2.05, 4.69) is 25.4 Å². The summed E-state index contributed by atoms with van der Waals surface area (Å²) in [5, 5.41) is 20.0. The highest BCUT2D eigenvalue weighted by Gasteiger charge is 2.50. The van der Waals surface area contributed by atoms with Gasteiger partial charge in [-0.05, 0) is 48.7 Å². The van der Waals surface area contributed by atoms with E-state index in [1.165, 1.54) is 12.1 Å². The molecule has 2 fully saturated rings. The van der Waals surface area contributed by atoms with E-state index in [9.17, 15) is 49.1 Å². The first-order chi connectivity index (χ1) is 21.7. The smallest absolute Gasteiger partial charge is 0.475 e. The highest BCUT2D eigenvalue weighted by atomic mass is 19.4. The first-order valence-electron chi connectivity index (χ1n) is 13.4. The van der Waals surface area contributed by atoms with Gasteiger partial charge in [-0.15, -0.1) is 0 Å². The fourth-order valence-electron chi connectivity index (χ4n) is 4.48.